The Kier molecular flexibility index (Phi) is 5.13. The molecule has 0 saturated heterocycles. The molecule has 1 rings (SSSR count). The number of benzene rings is 1. The highest BCUT2D eigenvalue weighted by atomic mass is 79.9. The lowest BCUT2D eigenvalue weighted by atomic mass is 10.1. The van der Waals surface area contributed by atoms with Crippen molar-refractivity contribution in [1.82, 2.24) is 0 Å². The molecular formula is C12H14BrN3O. The predicted molar refractivity (Wildman–Crippen MR) is 70.3 cm³/mol. The van der Waals surface area contributed by atoms with E-state index in [1.807, 2.05) is 13.0 Å². The van der Waals surface area contributed by atoms with Crippen LogP contribution in [0.2, 0.25) is 0 Å². The summed E-state index contributed by atoms with van der Waals surface area (Å²) in [7, 11) is 0. The maximum atomic E-state index is 11.8. The molecule has 5 heteroatoms. The average molecular weight is 296 g/mol. The molecule has 1 atom stereocenters. The summed E-state index contributed by atoms with van der Waals surface area (Å²) in [6.45, 7) is 2.21. The van der Waals surface area contributed by atoms with Crippen LogP contribution in [0.5, 0.6) is 0 Å². The van der Waals surface area contributed by atoms with Crippen LogP contribution in [0.3, 0.4) is 0 Å². The Morgan fingerprint density at radius 2 is 2.35 bits per heavy atom. The molecule has 1 amide bonds. The van der Waals surface area contributed by atoms with Crippen LogP contribution in [0.15, 0.2) is 22.7 Å². The molecule has 0 spiro atoms. The van der Waals surface area contributed by atoms with Crippen molar-refractivity contribution in [2.45, 2.75) is 13.3 Å². The standard InChI is InChI=1S/C12H14BrN3O/c1-2-8(6-14)12(17)16-11-5-10(13)4-3-9(11)7-15/h3-5,8H,2,6,14H2,1H3,(H,16,17). The Hall–Kier alpha value is -1.38. The number of carbonyl (C=O) groups excluding carboxylic acids is 1. The molecule has 1 aromatic rings. The van der Waals surface area contributed by atoms with Crippen molar-refractivity contribution < 1.29 is 4.79 Å². The first-order valence-electron chi connectivity index (χ1n) is 5.33. The van der Waals surface area contributed by atoms with Crippen LogP contribution in [0.25, 0.3) is 0 Å². The van der Waals surface area contributed by atoms with Gasteiger partial charge in [-0.1, -0.05) is 22.9 Å². The van der Waals surface area contributed by atoms with Gasteiger partial charge in [0, 0.05) is 11.0 Å². The Labute approximate surface area is 109 Å². The second kappa shape index (κ2) is 6.38. The van der Waals surface area contributed by atoms with Crippen molar-refractivity contribution >= 4 is 27.5 Å². The summed E-state index contributed by atoms with van der Waals surface area (Å²) in [5.74, 6) is -0.370. The average Bonchev–Trinajstić information content (AvgIpc) is 2.31. The zero-order chi connectivity index (χ0) is 12.8. The fraction of sp³-hybridized carbons (Fsp3) is 0.333. The molecular weight excluding hydrogens is 282 g/mol. The summed E-state index contributed by atoms with van der Waals surface area (Å²) >= 11 is 3.30. The minimum Gasteiger partial charge on any atom is -0.330 e. The number of rotatable bonds is 4. The third-order valence-corrected chi connectivity index (χ3v) is 3.00. The van der Waals surface area contributed by atoms with Crippen molar-refractivity contribution in [3.63, 3.8) is 0 Å². The van der Waals surface area contributed by atoms with Gasteiger partial charge in [-0.2, -0.15) is 5.26 Å². The van der Waals surface area contributed by atoms with Crippen molar-refractivity contribution in [2.24, 2.45) is 11.7 Å². The summed E-state index contributed by atoms with van der Waals surface area (Å²) in [4.78, 5) is 11.8. The third kappa shape index (κ3) is 3.55. The number of hydrogen-bond donors (Lipinski definition) is 2. The Bertz CT molecular complexity index is 450. The number of nitrogens with one attached hydrogen (secondary N) is 1. The third-order valence-electron chi connectivity index (χ3n) is 2.51. The molecule has 0 heterocycles. The molecule has 1 aromatic carbocycles. The number of amides is 1. The first-order valence-corrected chi connectivity index (χ1v) is 6.12. The van der Waals surface area contributed by atoms with E-state index in [-0.39, 0.29) is 11.8 Å². The van der Waals surface area contributed by atoms with Gasteiger partial charge in [-0.25, -0.2) is 0 Å². The van der Waals surface area contributed by atoms with Gasteiger partial charge in [0.05, 0.1) is 17.2 Å². The van der Waals surface area contributed by atoms with Crippen LogP contribution in [-0.4, -0.2) is 12.5 Å². The molecule has 90 valence electrons. The van der Waals surface area contributed by atoms with E-state index in [1.54, 1.807) is 18.2 Å². The fourth-order valence-corrected chi connectivity index (χ4v) is 1.77. The Balaban J connectivity index is 2.91. The molecule has 0 aliphatic carbocycles. The normalized spacial score (nSPS) is 11.6. The summed E-state index contributed by atoms with van der Waals surface area (Å²) in [5, 5.41) is 11.7. The van der Waals surface area contributed by atoms with E-state index in [4.69, 9.17) is 11.0 Å². The van der Waals surface area contributed by atoms with E-state index >= 15 is 0 Å². The second-order valence-electron chi connectivity index (χ2n) is 3.63. The van der Waals surface area contributed by atoms with Crippen LogP contribution in [0, 0.1) is 17.2 Å². The van der Waals surface area contributed by atoms with Gasteiger partial charge in [-0.3, -0.25) is 4.79 Å². The maximum Gasteiger partial charge on any atom is 0.228 e. The molecule has 0 aromatic heterocycles. The SMILES string of the molecule is CCC(CN)C(=O)Nc1cc(Br)ccc1C#N. The number of carbonyl (C=O) groups is 1. The molecule has 0 radical (unpaired) electrons. The second-order valence-corrected chi connectivity index (χ2v) is 4.55. The van der Waals surface area contributed by atoms with E-state index in [2.05, 4.69) is 21.2 Å². The molecule has 3 N–H and O–H groups in total. The smallest absolute Gasteiger partial charge is 0.228 e. The lowest BCUT2D eigenvalue weighted by Crippen LogP contribution is -2.28. The minimum absolute atomic E-state index is 0.149. The molecule has 4 nitrogen and oxygen atoms in total. The van der Waals surface area contributed by atoms with Crippen LogP contribution in [-0.2, 0) is 4.79 Å². The van der Waals surface area contributed by atoms with Gasteiger partial charge >= 0.3 is 0 Å². The quantitative estimate of drug-likeness (QED) is 0.894. The first kappa shape index (κ1) is 13.7. The minimum atomic E-state index is -0.222. The highest BCUT2D eigenvalue weighted by Crippen LogP contribution is 2.21. The number of nitrogens with zero attached hydrogens (tertiary/aromatic N) is 1. The van der Waals surface area contributed by atoms with E-state index in [1.165, 1.54) is 0 Å². The van der Waals surface area contributed by atoms with E-state index < -0.39 is 0 Å². The Morgan fingerprint density at radius 1 is 1.65 bits per heavy atom. The summed E-state index contributed by atoms with van der Waals surface area (Å²) < 4.78 is 0.813. The zero-order valence-electron chi connectivity index (χ0n) is 9.53. The number of halogens is 1. The van der Waals surface area contributed by atoms with E-state index in [0.717, 1.165) is 4.47 Å². The molecule has 0 aliphatic rings. The topological polar surface area (TPSA) is 78.9 Å². The predicted octanol–water partition coefficient (Wildman–Crippen LogP) is 2.24. The van der Waals surface area contributed by atoms with Gasteiger partial charge < -0.3 is 11.1 Å². The van der Waals surface area contributed by atoms with Gasteiger partial charge in [0.2, 0.25) is 5.91 Å². The molecule has 0 aliphatic heterocycles. The van der Waals surface area contributed by atoms with Gasteiger partial charge in [0.25, 0.3) is 0 Å². The summed E-state index contributed by atoms with van der Waals surface area (Å²) in [5.41, 5.74) is 6.45. The number of nitrogens with two attached hydrogens (primary N) is 1. The van der Waals surface area contributed by atoms with Crippen LogP contribution in [0.1, 0.15) is 18.9 Å². The number of nitriles is 1. The van der Waals surface area contributed by atoms with E-state index in [9.17, 15) is 4.79 Å². The highest BCUT2D eigenvalue weighted by molar-refractivity contribution is 9.10. The van der Waals surface area contributed by atoms with Crippen molar-refractivity contribution in [2.75, 3.05) is 11.9 Å². The summed E-state index contributed by atoms with van der Waals surface area (Å²) in [6.07, 6.45) is 0.679. The lowest BCUT2D eigenvalue weighted by Gasteiger charge is -2.13. The molecule has 0 saturated carbocycles. The van der Waals surface area contributed by atoms with Gasteiger partial charge in [-0.05, 0) is 24.6 Å². The number of anilines is 1. The number of hydrogen-bond acceptors (Lipinski definition) is 3. The van der Waals surface area contributed by atoms with Gasteiger partial charge in [0.15, 0.2) is 0 Å². The summed E-state index contributed by atoms with van der Waals surface area (Å²) in [6, 6.07) is 7.16. The van der Waals surface area contributed by atoms with Crippen molar-refractivity contribution in [3.05, 3.63) is 28.2 Å². The monoisotopic (exact) mass is 295 g/mol. The Morgan fingerprint density at radius 3 is 2.88 bits per heavy atom. The molecule has 17 heavy (non-hydrogen) atoms. The first-order chi connectivity index (χ1) is 8.12. The van der Waals surface area contributed by atoms with Gasteiger partial charge in [0.1, 0.15) is 6.07 Å². The maximum absolute atomic E-state index is 11.8. The highest BCUT2D eigenvalue weighted by Gasteiger charge is 2.16. The van der Waals surface area contributed by atoms with Crippen LogP contribution < -0.4 is 11.1 Å². The lowest BCUT2D eigenvalue weighted by molar-refractivity contribution is -0.119. The molecule has 1 unspecified atom stereocenters. The fourth-order valence-electron chi connectivity index (χ4n) is 1.41. The van der Waals surface area contributed by atoms with Crippen LogP contribution >= 0.6 is 15.9 Å². The van der Waals surface area contributed by atoms with Crippen molar-refractivity contribution in [3.8, 4) is 6.07 Å². The zero-order valence-corrected chi connectivity index (χ0v) is 11.1. The largest absolute Gasteiger partial charge is 0.330 e. The van der Waals surface area contributed by atoms with E-state index in [0.29, 0.717) is 24.2 Å². The van der Waals surface area contributed by atoms with Crippen molar-refractivity contribution in [1.29, 1.82) is 5.26 Å². The molecule has 0 fully saturated rings. The van der Waals surface area contributed by atoms with Crippen LogP contribution in [0.4, 0.5) is 5.69 Å². The molecule has 0 bridgehead atoms. The van der Waals surface area contributed by atoms with Gasteiger partial charge in [-0.15, -0.1) is 0 Å².